The molecule has 2 fully saturated rings. The number of rotatable bonds is 5. The first-order valence-corrected chi connectivity index (χ1v) is 11.3. The van der Waals surface area contributed by atoms with E-state index in [4.69, 9.17) is 15.6 Å². The number of likely N-dealkylation sites (N-methyl/N-ethyl adjacent to an activating group) is 1. The molecule has 1 amide bonds. The molecule has 2 unspecified atom stereocenters. The first-order valence-electron chi connectivity index (χ1n) is 11.3. The van der Waals surface area contributed by atoms with Crippen LogP contribution in [0.5, 0.6) is 0 Å². The zero-order valence-corrected chi connectivity index (χ0v) is 18.7. The first kappa shape index (κ1) is 23.9. The summed E-state index contributed by atoms with van der Waals surface area (Å²) in [5.41, 5.74) is 6.57. The van der Waals surface area contributed by atoms with E-state index in [2.05, 4.69) is 32.1 Å². The number of aliphatic hydroxyl groups excluding tert-OH is 2. The van der Waals surface area contributed by atoms with E-state index in [1.54, 1.807) is 6.92 Å². The molecule has 0 bridgehead atoms. The summed E-state index contributed by atoms with van der Waals surface area (Å²) in [4.78, 5) is 36.0. The van der Waals surface area contributed by atoms with Gasteiger partial charge in [-0.25, -0.2) is 15.0 Å². The number of nitrogens with one attached hydrogen (secondary N) is 1. The Kier molecular flexibility index (Phi) is 6.97. The number of nitrogen functional groups attached to an aromatic ring is 1. The third-order valence-corrected chi connectivity index (χ3v) is 6.36. The molecule has 2 aromatic heterocycles. The Morgan fingerprint density at radius 1 is 1.24 bits per heavy atom. The Morgan fingerprint density at radius 3 is 2.65 bits per heavy atom. The van der Waals surface area contributed by atoms with E-state index in [1.165, 1.54) is 10.9 Å². The number of hydrogen-bond acceptors (Lipinski definition) is 9. The number of nitrogens with zero attached hydrogens (tertiary/aromatic N) is 4. The van der Waals surface area contributed by atoms with Gasteiger partial charge in [0.1, 0.15) is 17.7 Å². The van der Waals surface area contributed by atoms with Crippen molar-refractivity contribution in [2.24, 2.45) is 11.8 Å². The summed E-state index contributed by atoms with van der Waals surface area (Å²) in [6.07, 6.45) is -0.281. The number of carboxylic acids is 1. The van der Waals surface area contributed by atoms with Crippen LogP contribution < -0.4 is 11.1 Å². The summed E-state index contributed by atoms with van der Waals surface area (Å²) < 4.78 is 7.05. The summed E-state index contributed by atoms with van der Waals surface area (Å²) in [5, 5.41) is 32.5. The number of aliphatic hydroxyl groups is 2. The van der Waals surface area contributed by atoms with Crippen molar-refractivity contribution >= 4 is 28.9 Å². The maximum atomic E-state index is 12.2. The maximum absolute atomic E-state index is 12.2. The monoisotopic (exact) mass is 472 g/mol. The zero-order chi connectivity index (χ0) is 24.4. The number of carbonyl (C=O) groups is 2. The van der Waals surface area contributed by atoms with Gasteiger partial charge < -0.3 is 31.1 Å². The predicted octanol–water partition coefficient (Wildman–Crippen LogP) is -0.204. The van der Waals surface area contributed by atoms with E-state index >= 15 is 0 Å². The summed E-state index contributed by atoms with van der Waals surface area (Å²) in [7, 11) is 0. The molecule has 0 radical (unpaired) electrons. The second-order valence-corrected chi connectivity index (χ2v) is 8.64. The van der Waals surface area contributed by atoms with Gasteiger partial charge in [0.2, 0.25) is 5.82 Å². The lowest BCUT2D eigenvalue weighted by atomic mass is 9.81. The number of carboxylic acid groups (broad SMARTS) is 1. The van der Waals surface area contributed by atoms with Gasteiger partial charge in [0.15, 0.2) is 23.8 Å². The van der Waals surface area contributed by atoms with Crippen molar-refractivity contribution in [3.8, 4) is 11.8 Å². The van der Waals surface area contributed by atoms with Crippen LogP contribution in [0.25, 0.3) is 11.2 Å². The standard InChI is InChI=1S/C22H28N6O6/c1-2-24-20(31)17-15(29)16(30)21(34-17)28-10-25-14-18(23)26-13(27-19(14)28)5-3-4-11-6-8-12(9-7-11)22(32)33/h10-12,15-17,21,29-30H,2,4,6-9H2,1H3,(H,24,31)(H,32,33)(H2,23,26,27)/t11-,12-,15?,16?,17-,21+/m0/s1. The molecule has 34 heavy (non-hydrogen) atoms. The van der Waals surface area contributed by atoms with Gasteiger partial charge in [-0.2, -0.15) is 0 Å². The van der Waals surface area contributed by atoms with E-state index in [1.807, 2.05) is 0 Å². The smallest absolute Gasteiger partial charge is 0.306 e. The van der Waals surface area contributed by atoms with E-state index < -0.39 is 36.4 Å². The molecule has 2 aromatic rings. The van der Waals surface area contributed by atoms with Crippen LogP contribution in [0.3, 0.4) is 0 Å². The minimum absolute atomic E-state index is 0.100. The SMILES string of the molecule is CCNC(=O)[C@H]1O[C@@H](n2cnc3c(N)nc(C#CC[C@H]4CC[C@H](C(=O)O)CC4)nc32)C(O)C1O. The number of aromatic nitrogens is 4. The number of hydrogen-bond donors (Lipinski definition) is 5. The Labute approximate surface area is 195 Å². The number of carbonyl (C=O) groups excluding carboxylic acids is 1. The lowest BCUT2D eigenvalue weighted by molar-refractivity contribution is -0.143. The number of amides is 1. The van der Waals surface area contributed by atoms with Gasteiger partial charge in [0.05, 0.1) is 12.2 Å². The molecule has 6 N–H and O–H groups in total. The molecule has 12 heteroatoms. The minimum atomic E-state index is -1.43. The van der Waals surface area contributed by atoms with Crippen LogP contribution >= 0.6 is 0 Å². The fraction of sp³-hybridized carbons (Fsp3) is 0.591. The van der Waals surface area contributed by atoms with E-state index in [0.717, 1.165) is 12.8 Å². The highest BCUT2D eigenvalue weighted by Crippen LogP contribution is 2.33. The summed E-state index contributed by atoms with van der Waals surface area (Å²) in [5.74, 6) is 5.02. The summed E-state index contributed by atoms with van der Waals surface area (Å²) in [6.45, 7) is 2.09. The van der Waals surface area contributed by atoms with Gasteiger partial charge in [-0.15, -0.1) is 0 Å². The molecule has 0 aromatic carbocycles. The number of imidazole rings is 1. The van der Waals surface area contributed by atoms with Gasteiger partial charge in [-0.05, 0) is 44.4 Å². The van der Waals surface area contributed by atoms with Gasteiger partial charge in [0, 0.05) is 13.0 Å². The van der Waals surface area contributed by atoms with Gasteiger partial charge in [-0.3, -0.25) is 14.2 Å². The largest absolute Gasteiger partial charge is 0.481 e. The Balaban J connectivity index is 1.52. The lowest BCUT2D eigenvalue weighted by Crippen LogP contribution is -2.42. The Bertz CT molecular complexity index is 1130. The van der Waals surface area contributed by atoms with E-state index in [0.29, 0.717) is 31.7 Å². The van der Waals surface area contributed by atoms with Crippen LogP contribution in [0.4, 0.5) is 5.82 Å². The van der Waals surface area contributed by atoms with Crippen LogP contribution in [0, 0.1) is 23.7 Å². The van der Waals surface area contributed by atoms with Crippen LogP contribution in [-0.2, 0) is 14.3 Å². The predicted molar refractivity (Wildman–Crippen MR) is 119 cm³/mol. The molecule has 4 rings (SSSR count). The zero-order valence-electron chi connectivity index (χ0n) is 18.7. The average molecular weight is 473 g/mol. The number of fused-ring (bicyclic) bond motifs is 1. The molecule has 2 aliphatic rings. The molecule has 1 aliphatic carbocycles. The lowest BCUT2D eigenvalue weighted by Gasteiger charge is -2.24. The van der Waals surface area contributed by atoms with Crippen LogP contribution in [0.1, 0.15) is 51.1 Å². The van der Waals surface area contributed by atoms with E-state index in [-0.39, 0.29) is 28.7 Å². The summed E-state index contributed by atoms with van der Waals surface area (Å²) in [6, 6.07) is 0. The van der Waals surface area contributed by atoms with Crippen molar-refractivity contribution in [3.63, 3.8) is 0 Å². The van der Waals surface area contributed by atoms with Gasteiger partial charge in [0.25, 0.3) is 5.91 Å². The quantitative estimate of drug-likeness (QED) is 0.365. The number of aliphatic carboxylic acids is 1. The molecular formula is C22H28N6O6. The van der Waals surface area contributed by atoms with E-state index in [9.17, 15) is 19.8 Å². The summed E-state index contributed by atoms with van der Waals surface area (Å²) >= 11 is 0. The Hall–Kier alpha value is -3.27. The topological polar surface area (TPSA) is 186 Å². The normalized spacial score (nSPS) is 28.9. The minimum Gasteiger partial charge on any atom is -0.481 e. The Morgan fingerprint density at radius 2 is 1.97 bits per heavy atom. The number of nitrogens with two attached hydrogens (primary N) is 1. The first-order chi connectivity index (χ1) is 16.3. The molecule has 1 aliphatic heterocycles. The third-order valence-electron chi connectivity index (χ3n) is 6.36. The molecule has 12 nitrogen and oxygen atoms in total. The fourth-order valence-electron chi connectivity index (χ4n) is 4.45. The number of ether oxygens (including phenoxy) is 1. The number of anilines is 1. The van der Waals surface area contributed by atoms with Crippen molar-refractivity contribution in [2.75, 3.05) is 12.3 Å². The van der Waals surface area contributed by atoms with Crippen molar-refractivity contribution in [1.29, 1.82) is 0 Å². The average Bonchev–Trinajstić information content (AvgIpc) is 3.36. The highest BCUT2D eigenvalue weighted by molar-refractivity contribution is 5.83. The van der Waals surface area contributed by atoms with Crippen molar-refractivity contribution in [2.45, 2.75) is 63.6 Å². The van der Waals surface area contributed by atoms with Crippen LogP contribution in [0.15, 0.2) is 6.33 Å². The second kappa shape index (κ2) is 9.92. The molecule has 1 saturated heterocycles. The van der Waals surface area contributed by atoms with Crippen LogP contribution in [0.2, 0.25) is 0 Å². The molecule has 4 atom stereocenters. The van der Waals surface area contributed by atoms with Crippen LogP contribution in [-0.4, -0.2) is 71.6 Å². The van der Waals surface area contributed by atoms with Crippen molar-refractivity contribution < 1.29 is 29.6 Å². The highest BCUT2D eigenvalue weighted by atomic mass is 16.6. The van der Waals surface area contributed by atoms with Gasteiger partial charge in [-0.1, -0.05) is 5.92 Å². The highest BCUT2D eigenvalue weighted by Gasteiger charge is 2.47. The van der Waals surface area contributed by atoms with Gasteiger partial charge >= 0.3 is 5.97 Å². The molecule has 182 valence electrons. The molecular weight excluding hydrogens is 444 g/mol. The van der Waals surface area contributed by atoms with Crippen molar-refractivity contribution in [3.05, 3.63) is 12.2 Å². The molecule has 3 heterocycles. The molecule has 0 spiro atoms. The molecule has 1 saturated carbocycles. The third kappa shape index (κ3) is 4.68. The maximum Gasteiger partial charge on any atom is 0.306 e. The fourth-order valence-corrected chi connectivity index (χ4v) is 4.45. The second-order valence-electron chi connectivity index (χ2n) is 8.64. The van der Waals surface area contributed by atoms with Crippen molar-refractivity contribution in [1.82, 2.24) is 24.8 Å².